The molecule has 1 fully saturated rings. The van der Waals surface area contributed by atoms with E-state index in [1.54, 1.807) is 7.11 Å². The molecule has 5 heteroatoms. The van der Waals surface area contributed by atoms with Crippen LogP contribution in [0, 0.1) is 5.41 Å². The Bertz CT molecular complexity index is 465. The van der Waals surface area contributed by atoms with Crippen LogP contribution in [-0.4, -0.2) is 54.0 Å². The van der Waals surface area contributed by atoms with Gasteiger partial charge in [-0.3, -0.25) is 9.69 Å². The maximum atomic E-state index is 11.6. The Morgan fingerprint density at radius 2 is 2.14 bits per heavy atom. The number of β-amino-alcohol motifs (C(OH)–C–C–N with tert-alkyl or cyclic N) is 1. The second-order valence-corrected chi connectivity index (χ2v) is 5.69. The third-order valence-electron chi connectivity index (χ3n) is 4.37. The first kappa shape index (κ1) is 15.9. The van der Waals surface area contributed by atoms with Crippen molar-refractivity contribution >= 4 is 5.97 Å². The monoisotopic (exact) mass is 293 g/mol. The molecule has 0 radical (unpaired) electrons. The number of benzene rings is 1. The summed E-state index contributed by atoms with van der Waals surface area (Å²) < 4.78 is 5.00. The Labute approximate surface area is 125 Å². The highest BCUT2D eigenvalue weighted by Gasteiger charge is 2.48. The van der Waals surface area contributed by atoms with Gasteiger partial charge in [0.15, 0.2) is 0 Å². The zero-order valence-electron chi connectivity index (χ0n) is 12.4. The summed E-state index contributed by atoms with van der Waals surface area (Å²) >= 11 is 0. The molecule has 116 valence electrons. The zero-order chi connectivity index (χ0) is 15.3. The van der Waals surface area contributed by atoms with E-state index in [4.69, 9.17) is 4.74 Å². The molecule has 1 saturated heterocycles. The number of likely N-dealkylation sites (tertiary alicyclic amines) is 1. The molecule has 5 nitrogen and oxygen atoms in total. The van der Waals surface area contributed by atoms with Crippen molar-refractivity contribution in [1.82, 2.24) is 4.90 Å². The van der Waals surface area contributed by atoms with Gasteiger partial charge in [-0.15, -0.1) is 0 Å². The van der Waals surface area contributed by atoms with E-state index in [2.05, 4.69) is 4.90 Å². The highest BCUT2D eigenvalue weighted by atomic mass is 16.5. The van der Waals surface area contributed by atoms with Crippen LogP contribution < -0.4 is 0 Å². The van der Waals surface area contributed by atoms with Crippen LogP contribution in [-0.2, 0) is 16.1 Å². The molecule has 2 rings (SSSR count). The highest BCUT2D eigenvalue weighted by Crippen LogP contribution is 2.36. The van der Waals surface area contributed by atoms with Gasteiger partial charge in [0, 0.05) is 26.8 Å². The van der Waals surface area contributed by atoms with Gasteiger partial charge in [-0.25, -0.2) is 0 Å². The van der Waals surface area contributed by atoms with Crippen LogP contribution in [0.3, 0.4) is 0 Å². The van der Waals surface area contributed by atoms with E-state index in [9.17, 15) is 15.0 Å². The molecule has 2 atom stereocenters. The maximum Gasteiger partial charge on any atom is 0.312 e. The molecule has 1 aromatic carbocycles. The van der Waals surface area contributed by atoms with Crippen molar-refractivity contribution in [2.75, 3.05) is 26.8 Å². The lowest BCUT2D eigenvalue weighted by molar-refractivity contribution is -0.165. The summed E-state index contributed by atoms with van der Waals surface area (Å²) in [4.78, 5) is 13.7. The number of methoxy groups -OCH3 is 1. The summed E-state index contributed by atoms with van der Waals surface area (Å²) in [7, 11) is 1.55. The molecule has 0 spiro atoms. The third kappa shape index (κ3) is 3.61. The van der Waals surface area contributed by atoms with Gasteiger partial charge in [0.2, 0.25) is 0 Å². The quantitative estimate of drug-likeness (QED) is 0.829. The van der Waals surface area contributed by atoms with Gasteiger partial charge in [0.25, 0.3) is 0 Å². The van der Waals surface area contributed by atoms with E-state index in [1.165, 1.54) is 5.56 Å². The molecule has 1 aliphatic rings. The fourth-order valence-electron chi connectivity index (χ4n) is 2.95. The van der Waals surface area contributed by atoms with E-state index < -0.39 is 17.5 Å². The molecular formula is C16H23NO4. The van der Waals surface area contributed by atoms with Gasteiger partial charge >= 0.3 is 5.97 Å². The highest BCUT2D eigenvalue weighted by molar-refractivity contribution is 5.75. The maximum absolute atomic E-state index is 11.6. The topological polar surface area (TPSA) is 70.0 Å². The first-order chi connectivity index (χ1) is 10.1. The molecule has 1 heterocycles. The van der Waals surface area contributed by atoms with Crippen LogP contribution in [0.1, 0.15) is 18.4 Å². The number of hydrogen-bond donors (Lipinski definition) is 2. The molecule has 0 saturated carbocycles. The number of nitrogens with zero attached hydrogens (tertiary/aromatic N) is 1. The second kappa shape index (κ2) is 7.02. The van der Waals surface area contributed by atoms with Gasteiger partial charge in [-0.2, -0.15) is 0 Å². The average molecular weight is 293 g/mol. The number of aliphatic hydroxyl groups excluding tert-OH is 1. The largest absolute Gasteiger partial charge is 0.481 e. The van der Waals surface area contributed by atoms with Crippen molar-refractivity contribution in [1.29, 1.82) is 0 Å². The summed E-state index contributed by atoms with van der Waals surface area (Å²) in [6.07, 6.45) is -0.0820. The van der Waals surface area contributed by atoms with Gasteiger partial charge in [0.1, 0.15) is 0 Å². The Kier molecular flexibility index (Phi) is 5.33. The first-order valence-corrected chi connectivity index (χ1v) is 7.25. The molecule has 0 aliphatic carbocycles. The van der Waals surface area contributed by atoms with Crippen LogP contribution in [0.2, 0.25) is 0 Å². The third-order valence-corrected chi connectivity index (χ3v) is 4.37. The number of aliphatic carboxylic acids is 1. The van der Waals surface area contributed by atoms with Crippen molar-refractivity contribution < 1.29 is 19.7 Å². The van der Waals surface area contributed by atoms with E-state index in [0.717, 1.165) is 6.54 Å². The molecule has 0 amide bonds. The van der Waals surface area contributed by atoms with Crippen LogP contribution in [0.15, 0.2) is 30.3 Å². The summed E-state index contributed by atoms with van der Waals surface area (Å²) in [5.41, 5.74) is 0.0906. The number of hydrogen-bond acceptors (Lipinski definition) is 4. The molecule has 2 N–H and O–H groups in total. The molecule has 0 aromatic heterocycles. The van der Waals surface area contributed by atoms with Crippen LogP contribution in [0.4, 0.5) is 0 Å². The first-order valence-electron chi connectivity index (χ1n) is 7.25. The van der Waals surface area contributed by atoms with Gasteiger partial charge < -0.3 is 14.9 Å². The minimum absolute atomic E-state index is 0.346. The zero-order valence-corrected chi connectivity index (χ0v) is 12.4. The minimum Gasteiger partial charge on any atom is -0.481 e. The lowest BCUT2D eigenvalue weighted by atomic mass is 9.73. The molecule has 21 heavy (non-hydrogen) atoms. The Balaban J connectivity index is 2.01. The summed E-state index contributed by atoms with van der Waals surface area (Å²) in [5.74, 6) is -0.925. The van der Waals surface area contributed by atoms with Crippen molar-refractivity contribution in [3.8, 4) is 0 Å². The molecule has 1 aliphatic heterocycles. The van der Waals surface area contributed by atoms with E-state index in [1.807, 2.05) is 30.3 Å². The van der Waals surface area contributed by atoms with E-state index >= 15 is 0 Å². The van der Waals surface area contributed by atoms with Gasteiger partial charge in [-0.1, -0.05) is 30.3 Å². The number of rotatable bonds is 6. The lowest BCUT2D eigenvalue weighted by Crippen LogP contribution is -2.54. The molecular weight excluding hydrogens is 270 g/mol. The number of aliphatic hydroxyl groups is 1. The average Bonchev–Trinajstić information content (AvgIpc) is 2.47. The van der Waals surface area contributed by atoms with Crippen LogP contribution in [0.5, 0.6) is 0 Å². The number of piperidine rings is 1. The number of carboxylic acids is 1. The summed E-state index contributed by atoms with van der Waals surface area (Å²) in [6, 6.07) is 10.0. The van der Waals surface area contributed by atoms with E-state index in [0.29, 0.717) is 32.5 Å². The summed E-state index contributed by atoms with van der Waals surface area (Å²) in [6.45, 7) is 2.13. The molecule has 2 unspecified atom stereocenters. The van der Waals surface area contributed by atoms with Crippen molar-refractivity contribution in [3.05, 3.63) is 35.9 Å². The Morgan fingerprint density at radius 1 is 1.43 bits per heavy atom. The number of carboxylic acid groups (broad SMARTS) is 1. The lowest BCUT2D eigenvalue weighted by Gasteiger charge is -2.42. The summed E-state index contributed by atoms with van der Waals surface area (Å²) in [5, 5.41) is 19.9. The fraction of sp³-hybridized carbons (Fsp3) is 0.562. The van der Waals surface area contributed by atoms with Crippen molar-refractivity contribution in [2.45, 2.75) is 25.5 Å². The SMILES string of the molecule is COCCC1(C(=O)O)CCN(Cc2ccccc2)CC1O. The fourth-order valence-corrected chi connectivity index (χ4v) is 2.95. The smallest absolute Gasteiger partial charge is 0.312 e. The van der Waals surface area contributed by atoms with Gasteiger partial charge in [-0.05, 0) is 24.9 Å². The van der Waals surface area contributed by atoms with Gasteiger partial charge in [0.05, 0.1) is 11.5 Å². The number of carbonyl (C=O) groups is 1. The Morgan fingerprint density at radius 3 is 2.71 bits per heavy atom. The normalized spacial score (nSPS) is 26.7. The van der Waals surface area contributed by atoms with Crippen LogP contribution in [0.25, 0.3) is 0 Å². The van der Waals surface area contributed by atoms with Crippen LogP contribution >= 0.6 is 0 Å². The number of ether oxygens (including phenoxy) is 1. The second-order valence-electron chi connectivity index (χ2n) is 5.69. The van der Waals surface area contributed by atoms with E-state index in [-0.39, 0.29) is 0 Å². The van der Waals surface area contributed by atoms with Crippen molar-refractivity contribution in [2.24, 2.45) is 5.41 Å². The Hall–Kier alpha value is -1.43. The molecule has 0 bridgehead atoms. The minimum atomic E-state index is -1.08. The molecule has 1 aromatic rings. The van der Waals surface area contributed by atoms with Crippen molar-refractivity contribution in [3.63, 3.8) is 0 Å². The predicted molar refractivity (Wildman–Crippen MR) is 78.9 cm³/mol. The standard InChI is InChI=1S/C16H23NO4/c1-21-10-8-16(15(19)20)7-9-17(12-14(16)18)11-13-5-3-2-4-6-13/h2-6,14,18H,7-12H2,1H3,(H,19,20). The predicted octanol–water partition coefficient (Wildman–Crippen LogP) is 1.36.